The molecule has 2 amide bonds. The van der Waals surface area contributed by atoms with E-state index < -0.39 is 11.4 Å². The molecule has 0 spiro atoms. The normalized spacial score (nSPS) is 11.0. The lowest BCUT2D eigenvalue weighted by Crippen LogP contribution is -2.34. The molecule has 0 bridgehead atoms. The van der Waals surface area contributed by atoms with Gasteiger partial charge in [-0.2, -0.15) is 0 Å². The van der Waals surface area contributed by atoms with Gasteiger partial charge in [0.1, 0.15) is 0 Å². The first-order valence-corrected chi connectivity index (χ1v) is 6.72. The van der Waals surface area contributed by atoms with Crippen LogP contribution in [0.2, 0.25) is 0 Å². The van der Waals surface area contributed by atoms with E-state index >= 15 is 0 Å². The van der Waals surface area contributed by atoms with Gasteiger partial charge in [0.15, 0.2) is 0 Å². The molecule has 0 aliphatic rings. The molecule has 0 heterocycles. The van der Waals surface area contributed by atoms with Gasteiger partial charge in [-0.3, -0.25) is 4.79 Å². The number of carboxylic acids is 1. The number of nitrogens with one attached hydrogen (secondary N) is 1. The Bertz CT molecular complexity index is 476. The minimum Gasteiger partial charge on any atom is -0.481 e. The maximum absolute atomic E-state index is 11.9. The molecule has 0 aromatic heterocycles. The number of anilines is 1. The number of hydrogen-bond acceptors (Lipinski definition) is 2. The number of amides is 2. The Morgan fingerprint density at radius 1 is 1.15 bits per heavy atom. The second-order valence-electron chi connectivity index (χ2n) is 5.11. The molecule has 1 aromatic rings. The van der Waals surface area contributed by atoms with E-state index in [4.69, 9.17) is 5.11 Å². The molecule has 0 aliphatic carbocycles. The minimum absolute atomic E-state index is 0.153. The van der Waals surface area contributed by atoms with Crippen molar-refractivity contribution in [2.45, 2.75) is 33.1 Å². The first kappa shape index (κ1) is 16.0. The Morgan fingerprint density at radius 3 is 2.05 bits per heavy atom. The molecule has 0 fully saturated rings. The summed E-state index contributed by atoms with van der Waals surface area (Å²) in [6.45, 7) is 8.43. The summed E-state index contributed by atoms with van der Waals surface area (Å²) in [5.74, 6) is -0.877. The van der Waals surface area contributed by atoms with Crippen molar-refractivity contribution in [2.75, 3.05) is 18.4 Å². The molecular weight excluding hydrogens is 256 g/mol. The third-order valence-corrected chi connectivity index (χ3v) is 3.44. The number of carboxylic acid groups (broad SMARTS) is 1. The van der Waals surface area contributed by atoms with Crippen LogP contribution in [0.4, 0.5) is 10.5 Å². The second kappa shape index (κ2) is 6.41. The number of benzene rings is 1. The summed E-state index contributed by atoms with van der Waals surface area (Å²) in [5.41, 5.74) is 0.416. The summed E-state index contributed by atoms with van der Waals surface area (Å²) < 4.78 is 0. The minimum atomic E-state index is -0.943. The quantitative estimate of drug-likeness (QED) is 0.870. The summed E-state index contributed by atoms with van der Waals surface area (Å²) in [6, 6.07) is 6.75. The molecule has 0 saturated carbocycles. The van der Waals surface area contributed by atoms with E-state index in [1.54, 1.807) is 43.0 Å². The molecule has 5 nitrogen and oxygen atoms in total. The molecule has 0 unspecified atom stereocenters. The van der Waals surface area contributed by atoms with Gasteiger partial charge in [0.05, 0.1) is 5.41 Å². The zero-order valence-electron chi connectivity index (χ0n) is 12.4. The van der Waals surface area contributed by atoms with Crippen molar-refractivity contribution in [1.82, 2.24) is 4.90 Å². The van der Waals surface area contributed by atoms with Crippen molar-refractivity contribution >= 4 is 17.7 Å². The molecule has 5 heteroatoms. The maximum Gasteiger partial charge on any atom is 0.321 e. The average molecular weight is 278 g/mol. The van der Waals surface area contributed by atoms with E-state index in [-0.39, 0.29) is 6.03 Å². The average Bonchev–Trinajstić information content (AvgIpc) is 2.40. The smallest absolute Gasteiger partial charge is 0.321 e. The van der Waals surface area contributed by atoms with E-state index in [2.05, 4.69) is 5.32 Å². The van der Waals surface area contributed by atoms with Crippen LogP contribution < -0.4 is 5.32 Å². The van der Waals surface area contributed by atoms with Crippen LogP contribution in [-0.2, 0) is 10.2 Å². The van der Waals surface area contributed by atoms with E-state index in [1.807, 2.05) is 13.8 Å². The van der Waals surface area contributed by atoms with Crippen LogP contribution in [0, 0.1) is 0 Å². The molecule has 0 saturated heterocycles. The Balaban J connectivity index is 2.82. The molecule has 2 N–H and O–H groups in total. The van der Waals surface area contributed by atoms with Crippen LogP contribution >= 0.6 is 0 Å². The van der Waals surface area contributed by atoms with Crippen LogP contribution in [0.3, 0.4) is 0 Å². The van der Waals surface area contributed by atoms with Crippen molar-refractivity contribution < 1.29 is 14.7 Å². The highest BCUT2D eigenvalue weighted by Crippen LogP contribution is 2.24. The fraction of sp³-hybridized carbons (Fsp3) is 0.467. The van der Waals surface area contributed by atoms with Crippen LogP contribution in [0.1, 0.15) is 33.3 Å². The van der Waals surface area contributed by atoms with Gasteiger partial charge in [-0.25, -0.2) is 4.79 Å². The van der Waals surface area contributed by atoms with Crippen molar-refractivity contribution in [3.8, 4) is 0 Å². The highest BCUT2D eigenvalue weighted by molar-refractivity contribution is 5.89. The van der Waals surface area contributed by atoms with Crippen molar-refractivity contribution in [1.29, 1.82) is 0 Å². The molecule has 0 aliphatic heterocycles. The van der Waals surface area contributed by atoms with Crippen LogP contribution in [0.5, 0.6) is 0 Å². The van der Waals surface area contributed by atoms with Gasteiger partial charge in [-0.1, -0.05) is 12.1 Å². The summed E-state index contributed by atoms with van der Waals surface area (Å²) in [5, 5.41) is 12.0. The first-order valence-electron chi connectivity index (χ1n) is 6.72. The molecule has 1 aromatic carbocycles. The molecule has 1 rings (SSSR count). The number of aliphatic carboxylic acids is 1. The Morgan fingerprint density at radius 2 is 1.65 bits per heavy atom. The zero-order chi connectivity index (χ0) is 15.3. The largest absolute Gasteiger partial charge is 0.481 e. The second-order valence-corrected chi connectivity index (χ2v) is 5.11. The highest BCUT2D eigenvalue weighted by atomic mass is 16.4. The van der Waals surface area contributed by atoms with E-state index in [0.29, 0.717) is 24.3 Å². The van der Waals surface area contributed by atoms with Crippen LogP contribution in [0.25, 0.3) is 0 Å². The molecule has 20 heavy (non-hydrogen) atoms. The fourth-order valence-corrected chi connectivity index (χ4v) is 1.81. The summed E-state index contributed by atoms with van der Waals surface area (Å²) in [7, 11) is 0. The lowest BCUT2D eigenvalue weighted by molar-refractivity contribution is -0.142. The third kappa shape index (κ3) is 3.50. The van der Waals surface area contributed by atoms with Crippen molar-refractivity contribution in [2.24, 2.45) is 0 Å². The Labute approximate surface area is 119 Å². The van der Waals surface area contributed by atoms with Gasteiger partial charge in [0.25, 0.3) is 0 Å². The third-order valence-electron chi connectivity index (χ3n) is 3.44. The number of carbonyl (C=O) groups excluding carboxylic acids is 1. The van der Waals surface area contributed by atoms with E-state index in [9.17, 15) is 9.59 Å². The monoisotopic (exact) mass is 278 g/mol. The fourth-order valence-electron chi connectivity index (χ4n) is 1.81. The topological polar surface area (TPSA) is 69.6 Å². The predicted octanol–water partition coefficient (Wildman–Crippen LogP) is 2.92. The number of urea groups is 1. The van der Waals surface area contributed by atoms with Gasteiger partial charge in [0.2, 0.25) is 0 Å². The maximum atomic E-state index is 11.9. The van der Waals surface area contributed by atoms with Gasteiger partial charge in [0, 0.05) is 18.8 Å². The predicted molar refractivity (Wildman–Crippen MR) is 79.0 cm³/mol. The van der Waals surface area contributed by atoms with E-state index in [1.165, 1.54) is 0 Å². The van der Waals surface area contributed by atoms with Crippen LogP contribution in [0.15, 0.2) is 24.3 Å². The number of nitrogens with zero attached hydrogens (tertiary/aromatic N) is 1. The van der Waals surface area contributed by atoms with Crippen molar-refractivity contribution in [3.63, 3.8) is 0 Å². The van der Waals surface area contributed by atoms with Gasteiger partial charge < -0.3 is 15.3 Å². The molecule has 0 atom stereocenters. The lowest BCUT2D eigenvalue weighted by atomic mass is 9.85. The summed E-state index contributed by atoms with van der Waals surface area (Å²) in [4.78, 5) is 24.7. The van der Waals surface area contributed by atoms with Crippen molar-refractivity contribution in [3.05, 3.63) is 29.8 Å². The lowest BCUT2D eigenvalue weighted by Gasteiger charge is -2.21. The SMILES string of the molecule is CCN(CC)C(=O)Nc1ccc(C(C)(C)C(=O)O)cc1. The Kier molecular flexibility index (Phi) is 5.13. The molecule has 110 valence electrons. The summed E-state index contributed by atoms with van der Waals surface area (Å²) >= 11 is 0. The van der Waals surface area contributed by atoms with Gasteiger partial charge in [-0.15, -0.1) is 0 Å². The van der Waals surface area contributed by atoms with Gasteiger partial charge in [-0.05, 0) is 45.4 Å². The standard InChI is InChI=1S/C15H22N2O3/c1-5-17(6-2)14(20)16-12-9-7-11(8-10-12)15(3,4)13(18)19/h7-10H,5-6H2,1-4H3,(H,16,20)(H,18,19). The number of hydrogen-bond donors (Lipinski definition) is 2. The Hall–Kier alpha value is -2.04. The molecular formula is C15H22N2O3. The molecule has 0 radical (unpaired) electrons. The first-order chi connectivity index (χ1) is 9.32. The zero-order valence-corrected chi connectivity index (χ0v) is 12.4. The number of rotatable bonds is 5. The number of carbonyl (C=O) groups is 2. The highest BCUT2D eigenvalue weighted by Gasteiger charge is 2.29. The summed E-state index contributed by atoms with van der Waals surface area (Å²) in [6.07, 6.45) is 0. The van der Waals surface area contributed by atoms with Crippen LogP contribution in [-0.4, -0.2) is 35.1 Å². The van der Waals surface area contributed by atoms with E-state index in [0.717, 1.165) is 0 Å². The van der Waals surface area contributed by atoms with Gasteiger partial charge >= 0.3 is 12.0 Å².